The normalized spacial score (nSPS) is 11.6. The first-order valence-electron chi connectivity index (χ1n) is 11.7. The Labute approximate surface area is 214 Å². The van der Waals surface area contributed by atoms with Crippen molar-refractivity contribution in [1.82, 2.24) is 23.9 Å². The fraction of sp³-hybridized carbons (Fsp3) is 0.269. The number of amides is 1. The molecule has 1 aromatic carbocycles. The van der Waals surface area contributed by atoms with E-state index in [0.717, 1.165) is 20.2 Å². The third-order valence-electron chi connectivity index (χ3n) is 6.05. The maximum absolute atomic E-state index is 14.1. The van der Waals surface area contributed by atoms with E-state index in [2.05, 4.69) is 10.3 Å². The maximum atomic E-state index is 14.1. The van der Waals surface area contributed by atoms with E-state index in [1.54, 1.807) is 29.1 Å². The molecule has 0 radical (unpaired) electrons. The number of carbonyl (C=O) groups excluding carboxylic acids is 1. The summed E-state index contributed by atoms with van der Waals surface area (Å²) in [5.74, 6) is -0.0841. The van der Waals surface area contributed by atoms with Crippen molar-refractivity contribution in [2.45, 2.75) is 33.9 Å². The monoisotopic (exact) mass is 520 g/mol. The van der Waals surface area contributed by atoms with E-state index in [4.69, 9.17) is 5.10 Å². The van der Waals surface area contributed by atoms with Gasteiger partial charge in [-0.15, -0.1) is 11.3 Å². The minimum absolute atomic E-state index is 0.134. The molecule has 0 saturated carbocycles. The van der Waals surface area contributed by atoms with Crippen LogP contribution in [0, 0.1) is 11.7 Å². The second-order valence-electron chi connectivity index (χ2n) is 9.37. The van der Waals surface area contributed by atoms with Gasteiger partial charge in [0.15, 0.2) is 5.65 Å². The molecule has 0 unspecified atom stereocenters. The zero-order valence-electron chi connectivity index (χ0n) is 20.8. The second-order valence-corrected chi connectivity index (χ2v) is 10.3. The molecule has 0 fully saturated rings. The number of fused-ring (bicyclic) bond motifs is 2. The predicted octanol–water partition coefficient (Wildman–Crippen LogP) is 3.98. The van der Waals surface area contributed by atoms with Gasteiger partial charge in [0.2, 0.25) is 5.91 Å². The quantitative estimate of drug-likeness (QED) is 0.365. The number of anilines is 1. The van der Waals surface area contributed by atoms with Crippen molar-refractivity contribution in [3.63, 3.8) is 0 Å². The summed E-state index contributed by atoms with van der Waals surface area (Å²) >= 11 is 1.50. The van der Waals surface area contributed by atoms with Crippen LogP contribution >= 0.6 is 11.3 Å². The summed E-state index contributed by atoms with van der Waals surface area (Å²) in [6.07, 6.45) is 1.56. The number of carbonyl (C=O) groups is 1. The lowest BCUT2D eigenvalue weighted by Gasteiger charge is -2.11. The average Bonchev–Trinajstić information content (AvgIpc) is 3.42. The number of pyridine rings is 1. The number of hydrogen-bond donors (Lipinski definition) is 1. The maximum Gasteiger partial charge on any atom is 0.332 e. The molecule has 4 aromatic heterocycles. The van der Waals surface area contributed by atoms with E-state index >= 15 is 0 Å². The molecule has 0 bridgehead atoms. The summed E-state index contributed by atoms with van der Waals surface area (Å²) in [7, 11) is 1.45. The highest BCUT2D eigenvalue weighted by molar-refractivity contribution is 7.17. The number of nitrogens with zero attached hydrogens (tertiary/aromatic N) is 5. The van der Waals surface area contributed by atoms with Gasteiger partial charge in [-0.3, -0.25) is 23.4 Å². The fourth-order valence-electron chi connectivity index (χ4n) is 4.42. The first-order valence-corrected chi connectivity index (χ1v) is 12.6. The van der Waals surface area contributed by atoms with Crippen LogP contribution in [-0.4, -0.2) is 29.8 Å². The number of hydrogen-bond acceptors (Lipinski definition) is 6. The van der Waals surface area contributed by atoms with E-state index in [1.165, 1.54) is 42.0 Å². The van der Waals surface area contributed by atoms with Gasteiger partial charge in [-0.2, -0.15) is 5.10 Å². The molecular weight excluding hydrogens is 495 g/mol. The van der Waals surface area contributed by atoms with Crippen LogP contribution < -0.4 is 16.6 Å². The molecule has 1 N–H and O–H groups in total. The summed E-state index contributed by atoms with van der Waals surface area (Å²) in [6, 6.07) is 8.03. The summed E-state index contributed by atoms with van der Waals surface area (Å²) in [6.45, 7) is 5.99. The number of aromatic nitrogens is 5. The molecule has 0 aliphatic rings. The molecule has 0 atom stereocenters. The first kappa shape index (κ1) is 24.6. The molecule has 5 aromatic rings. The predicted molar refractivity (Wildman–Crippen MR) is 142 cm³/mol. The van der Waals surface area contributed by atoms with E-state index in [9.17, 15) is 18.8 Å². The van der Waals surface area contributed by atoms with Crippen LogP contribution in [0.4, 0.5) is 10.2 Å². The minimum atomic E-state index is -0.464. The van der Waals surface area contributed by atoms with Crippen LogP contribution in [0.3, 0.4) is 0 Å². The van der Waals surface area contributed by atoms with Gasteiger partial charge in [-0.05, 0) is 47.2 Å². The Morgan fingerprint density at radius 2 is 1.97 bits per heavy atom. The Balaban J connectivity index is 1.78. The summed E-state index contributed by atoms with van der Waals surface area (Å²) < 4.78 is 19.3. The van der Waals surface area contributed by atoms with Gasteiger partial charge in [0.05, 0.1) is 12.2 Å². The van der Waals surface area contributed by atoms with Gasteiger partial charge < -0.3 is 5.32 Å². The van der Waals surface area contributed by atoms with Crippen LogP contribution in [0.25, 0.3) is 32.4 Å². The standard InChI is InChI=1S/C26H25FN6O3S/c1-14(2)11-32-24-22(25(35)31(4)26(32)36)23(16-5-8-21(28-10-16)29-15(3)34)33(30-24)12-17-13-37-20-7-6-18(27)9-19(17)20/h5-10,13-14H,11-12H2,1-4H3,(H,28,29,34). The third kappa shape index (κ3) is 4.46. The third-order valence-corrected chi connectivity index (χ3v) is 7.06. The molecule has 1 amide bonds. The van der Waals surface area contributed by atoms with Crippen LogP contribution in [-0.2, 0) is 24.9 Å². The Bertz CT molecular complexity index is 1780. The number of thiophene rings is 1. The van der Waals surface area contributed by atoms with Gasteiger partial charge in [0, 0.05) is 42.4 Å². The van der Waals surface area contributed by atoms with Crippen molar-refractivity contribution in [1.29, 1.82) is 0 Å². The lowest BCUT2D eigenvalue weighted by molar-refractivity contribution is -0.114. The van der Waals surface area contributed by atoms with Gasteiger partial charge in [0.1, 0.15) is 17.0 Å². The average molecular weight is 521 g/mol. The zero-order valence-corrected chi connectivity index (χ0v) is 21.6. The van der Waals surface area contributed by atoms with E-state index < -0.39 is 11.2 Å². The molecule has 11 heteroatoms. The van der Waals surface area contributed by atoms with Crippen molar-refractivity contribution in [3.8, 4) is 11.3 Å². The molecule has 5 rings (SSSR count). The highest BCUT2D eigenvalue weighted by Gasteiger charge is 2.23. The molecule has 0 aliphatic carbocycles. The summed E-state index contributed by atoms with van der Waals surface area (Å²) in [4.78, 5) is 42.3. The Kier molecular flexibility index (Phi) is 6.24. The number of benzene rings is 1. The van der Waals surface area contributed by atoms with Crippen LogP contribution in [0.5, 0.6) is 0 Å². The molecular formula is C26H25FN6O3S. The highest BCUT2D eigenvalue weighted by Crippen LogP contribution is 2.31. The van der Waals surface area contributed by atoms with Crippen molar-refractivity contribution < 1.29 is 9.18 Å². The van der Waals surface area contributed by atoms with Gasteiger partial charge in [-0.25, -0.2) is 14.2 Å². The molecule has 0 saturated heterocycles. The van der Waals surface area contributed by atoms with E-state index in [0.29, 0.717) is 29.0 Å². The highest BCUT2D eigenvalue weighted by atomic mass is 32.1. The van der Waals surface area contributed by atoms with Crippen LogP contribution in [0.1, 0.15) is 26.3 Å². The number of rotatable bonds is 6. The fourth-order valence-corrected chi connectivity index (χ4v) is 5.36. The Hall–Kier alpha value is -4.12. The molecule has 4 heterocycles. The van der Waals surface area contributed by atoms with Gasteiger partial charge in [0.25, 0.3) is 5.56 Å². The molecule has 190 valence electrons. The summed E-state index contributed by atoms with van der Waals surface area (Å²) in [5.41, 5.74) is 1.30. The topological polar surface area (TPSA) is 104 Å². The molecule has 0 spiro atoms. The smallest absolute Gasteiger partial charge is 0.311 e. The Morgan fingerprint density at radius 1 is 1.19 bits per heavy atom. The zero-order chi connectivity index (χ0) is 26.4. The molecule has 0 aliphatic heterocycles. The van der Waals surface area contributed by atoms with Crippen molar-refractivity contribution in [2.24, 2.45) is 13.0 Å². The largest absolute Gasteiger partial charge is 0.332 e. The van der Waals surface area contributed by atoms with Crippen LogP contribution in [0.2, 0.25) is 0 Å². The summed E-state index contributed by atoms with van der Waals surface area (Å²) in [5, 5.41) is 10.4. The van der Waals surface area contributed by atoms with Gasteiger partial charge in [-0.1, -0.05) is 13.8 Å². The minimum Gasteiger partial charge on any atom is -0.311 e. The molecule has 37 heavy (non-hydrogen) atoms. The SMILES string of the molecule is CC(=O)Nc1ccc(-c2c3c(=O)n(C)c(=O)n(CC(C)C)c3nn2Cc2csc3ccc(F)cc23)cn1. The van der Waals surface area contributed by atoms with E-state index in [1.807, 2.05) is 19.2 Å². The van der Waals surface area contributed by atoms with Crippen LogP contribution in [0.15, 0.2) is 51.5 Å². The number of halogens is 1. The second kappa shape index (κ2) is 9.40. The van der Waals surface area contributed by atoms with Crippen molar-refractivity contribution >= 4 is 44.2 Å². The van der Waals surface area contributed by atoms with Crippen molar-refractivity contribution in [2.75, 3.05) is 5.32 Å². The lowest BCUT2D eigenvalue weighted by Crippen LogP contribution is -2.38. The van der Waals surface area contributed by atoms with Crippen molar-refractivity contribution in [3.05, 3.63) is 74.1 Å². The van der Waals surface area contributed by atoms with Gasteiger partial charge >= 0.3 is 5.69 Å². The molecule has 9 nitrogen and oxygen atoms in total. The van der Waals surface area contributed by atoms with E-state index in [-0.39, 0.29) is 29.8 Å². The lowest BCUT2D eigenvalue weighted by atomic mass is 10.1. The number of nitrogens with one attached hydrogen (secondary N) is 1. The Morgan fingerprint density at radius 3 is 2.65 bits per heavy atom. The first-order chi connectivity index (χ1) is 17.6.